The summed E-state index contributed by atoms with van der Waals surface area (Å²) in [7, 11) is 1.54. The number of rotatable bonds is 6. The SMILES string of the molecule is CCOc1cc(/C=N\NC(=O)c2cccc(OC)c2)cc(Br)c1O. The molecule has 0 unspecified atom stereocenters. The van der Waals surface area contributed by atoms with Gasteiger partial charge in [0.15, 0.2) is 11.5 Å². The van der Waals surface area contributed by atoms with Crippen molar-refractivity contribution in [3.05, 3.63) is 52.0 Å². The maximum absolute atomic E-state index is 12.0. The molecule has 126 valence electrons. The molecule has 2 rings (SSSR count). The fraction of sp³-hybridized carbons (Fsp3) is 0.176. The number of methoxy groups -OCH3 is 1. The third-order valence-corrected chi connectivity index (χ3v) is 3.67. The predicted octanol–water partition coefficient (Wildman–Crippen LogP) is 3.33. The normalized spacial score (nSPS) is 10.6. The highest BCUT2D eigenvalue weighted by Crippen LogP contribution is 2.35. The number of aromatic hydroxyl groups is 1. The Balaban J connectivity index is 2.09. The molecule has 0 fully saturated rings. The van der Waals surface area contributed by atoms with Crippen LogP contribution in [0.3, 0.4) is 0 Å². The number of nitrogens with zero attached hydrogens (tertiary/aromatic N) is 1. The van der Waals surface area contributed by atoms with Crippen LogP contribution in [0.2, 0.25) is 0 Å². The number of hydrogen-bond acceptors (Lipinski definition) is 5. The van der Waals surface area contributed by atoms with Gasteiger partial charge in [-0.1, -0.05) is 6.07 Å². The lowest BCUT2D eigenvalue weighted by atomic mass is 10.2. The van der Waals surface area contributed by atoms with Crippen molar-refractivity contribution in [1.29, 1.82) is 0 Å². The summed E-state index contributed by atoms with van der Waals surface area (Å²) in [5.41, 5.74) is 3.54. The standard InChI is InChI=1S/C17H17BrN2O4/c1-3-24-15-8-11(7-14(18)16(15)21)10-19-20-17(22)12-5-4-6-13(9-12)23-2/h4-10,21H,3H2,1-2H3,(H,20,22)/b19-10-. The zero-order valence-electron chi connectivity index (χ0n) is 13.2. The van der Waals surface area contributed by atoms with Gasteiger partial charge in [-0.2, -0.15) is 5.10 Å². The number of phenolic OH excluding ortho intramolecular Hbond substituents is 1. The molecule has 6 nitrogen and oxygen atoms in total. The van der Waals surface area contributed by atoms with Gasteiger partial charge in [0.2, 0.25) is 0 Å². The van der Waals surface area contributed by atoms with E-state index in [-0.39, 0.29) is 11.7 Å². The molecule has 0 saturated heterocycles. The number of hydrogen-bond donors (Lipinski definition) is 2. The molecule has 2 aromatic rings. The van der Waals surface area contributed by atoms with Gasteiger partial charge in [0, 0.05) is 5.56 Å². The number of hydrazone groups is 1. The highest BCUT2D eigenvalue weighted by Gasteiger charge is 2.09. The van der Waals surface area contributed by atoms with Gasteiger partial charge in [-0.25, -0.2) is 5.43 Å². The molecule has 0 aliphatic rings. The fourth-order valence-electron chi connectivity index (χ4n) is 1.93. The van der Waals surface area contributed by atoms with Crippen LogP contribution in [0, 0.1) is 0 Å². The third-order valence-electron chi connectivity index (χ3n) is 3.06. The third kappa shape index (κ3) is 4.48. The van der Waals surface area contributed by atoms with E-state index in [0.717, 1.165) is 0 Å². The van der Waals surface area contributed by atoms with E-state index in [2.05, 4.69) is 26.5 Å². The highest BCUT2D eigenvalue weighted by atomic mass is 79.9. The van der Waals surface area contributed by atoms with Crippen LogP contribution < -0.4 is 14.9 Å². The van der Waals surface area contributed by atoms with E-state index < -0.39 is 0 Å². The minimum Gasteiger partial charge on any atom is -0.503 e. The quantitative estimate of drug-likeness (QED) is 0.583. The summed E-state index contributed by atoms with van der Waals surface area (Å²) in [6.45, 7) is 2.25. The van der Waals surface area contributed by atoms with Crippen LogP contribution in [0.5, 0.6) is 17.2 Å². The first-order valence-electron chi connectivity index (χ1n) is 7.18. The highest BCUT2D eigenvalue weighted by molar-refractivity contribution is 9.10. The Labute approximate surface area is 148 Å². The maximum atomic E-state index is 12.0. The first-order valence-corrected chi connectivity index (χ1v) is 7.97. The van der Waals surface area contributed by atoms with Crippen molar-refractivity contribution in [2.75, 3.05) is 13.7 Å². The van der Waals surface area contributed by atoms with Crippen molar-refractivity contribution in [2.24, 2.45) is 5.10 Å². The summed E-state index contributed by atoms with van der Waals surface area (Å²) in [5, 5.41) is 13.8. The molecule has 0 bridgehead atoms. The topological polar surface area (TPSA) is 80.2 Å². The number of carbonyl (C=O) groups is 1. The average molecular weight is 393 g/mol. The molecule has 2 aromatic carbocycles. The van der Waals surface area contributed by atoms with E-state index in [1.165, 1.54) is 13.3 Å². The number of carbonyl (C=O) groups excluding carboxylic acids is 1. The van der Waals surface area contributed by atoms with Crippen LogP contribution >= 0.6 is 15.9 Å². The zero-order valence-corrected chi connectivity index (χ0v) is 14.8. The first kappa shape index (κ1) is 17.8. The van der Waals surface area contributed by atoms with Crippen LogP contribution in [0.15, 0.2) is 46.0 Å². The van der Waals surface area contributed by atoms with Crippen molar-refractivity contribution >= 4 is 28.1 Å². The molecule has 24 heavy (non-hydrogen) atoms. The van der Waals surface area contributed by atoms with Gasteiger partial charge < -0.3 is 14.6 Å². The fourth-order valence-corrected chi connectivity index (χ4v) is 2.39. The van der Waals surface area contributed by atoms with Crippen LogP contribution in [0.4, 0.5) is 0 Å². The molecule has 0 atom stereocenters. The molecular formula is C17H17BrN2O4. The van der Waals surface area contributed by atoms with Crippen LogP contribution in [0.1, 0.15) is 22.8 Å². The Kier molecular flexibility index (Phi) is 6.20. The predicted molar refractivity (Wildman–Crippen MR) is 95.0 cm³/mol. The van der Waals surface area contributed by atoms with Crippen molar-refractivity contribution in [2.45, 2.75) is 6.92 Å². The second-order valence-electron chi connectivity index (χ2n) is 4.71. The Morgan fingerprint density at radius 3 is 2.88 bits per heavy atom. The molecule has 0 saturated carbocycles. The van der Waals surface area contributed by atoms with E-state index in [4.69, 9.17) is 9.47 Å². The Hall–Kier alpha value is -2.54. The lowest BCUT2D eigenvalue weighted by molar-refractivity contribution is 0.0955. The van der Waals surface area contributed by atoms with Crippen molar-refractivity contribution in [3.8, 4) is 17.2 Å². The molecule has 7 heteroatoms. The van der Waals surface area contributed by atoms with Gasteiger partial charge >= 0.3 is 0 Å². The molecule has 0 aromatic heterocycles. The second kappa shape index (κ2) is 8.35. The molecular weight excluding hydrogens is 376 g/mol. The van der Waals surface area contributed by atoms with Crippen LogP contribution in [0.25, 0.3) is 0 Å². The number of benzene rings is 2. The van der Waals surface area contributed by atoms with Gasteiger partial charge in [-0.05, 0) is 58.7 Å². The second-order valence-corrected chi connectivity index (χ2v) is 5.57. The first-order chi connectivity index (χ1) is 11.5. The summed E-state index contributed by atoms with van der Waals surface area (Å²) >= 11 is 3.25. The molecule has 0 radical (unpaired) electrons. The van der Waals surface area contributed by atoms with Crippen molar-refractivity contribution in [1.82, 2.24) is 5.43 Å². The minimum atomic E-state index is -0.354. The summed E-state index contributed by atoms with van der Waals surface area (Å²) in [4.78, 5) is 12.0. The average Bonchev–Trinajstić information content (AvgIpc) is 2.59. The lowest BCUT2D eigenvalue weighted by Gasteiger charge is -2.08. The maximum Gasteiger partial charge on any atom is 0.271 e. The number of halogens is 1. The molecule has 2 N–H and O–H groups in total. The molecule has 0 spiro atoms. The summed E-state index contributed by atoms with van der Waals surface area (Å²) in [6, 6.07) is 10.1. The van der Waals surface area contributed by atoms with Crippen LogP contribution in [-0.4, -0.2) is 30.9 Å². The van der Waals surface area contributed by atoms with E-state index in [1.807, 2.05) is 6.92 Å². The number of nitrogens with one attached hydrogen (secondary N) is 1. The molecule has 0 aliphatic heterocycles. The smallest absolute Gasteiger partial charge is 0.271 e. The zero-order chi connectivity index (χ0) is 17.5. The Morgan fingerprint density at radius 2 is 2.17 bits per heavy atom. The number of amides is 1. The monoisotopic (exact) mass is 392 g/mol. The van der Waals surface area contributed by atoms with E-state index in [0.29, 0.717) is 33.7 Å². The number of ether oxygens (including phenoxy) is 2. The minimum absolute atomic E-state index is 0.0226. The Morgan fingerprint density at radius 1 is 1.38 bits per heavy atom. The number of phenols is 1. The Bertz CT molecular complexity index is 762. The lowest BCUT2D eigenvalue weighted by Crippen LogP contribution is -2.17. The van der Waals surface area contributed by atoms with Gasteiger partial charge in [0.1, 0.15) is 5.75 Å². The van der Waals surface area contributed by atoms with Crippen LogP contribution in [-0.2, 0) is 0 Å². The van der Waals surface area contributed by atoms with Gasteiger partial charge in [0.05, 0.1) is 24.4 Å². The van der Waals surface area contributed by atoms with Crippen molar-refractivity contribution in [3.63, 3.8) is 0 Å². The molecule has 0 heterocycles. The summed E-state index contributed by atoms with van der Waals surface area (Å²) < 4.78 is 10.9. The summed E-state index contributed by atoms with van der Waals surface area (Å²) in [6.07, 6.45) is 1.46. The van der Waals surface area contributed by atoms with Gasteiger partial charge in [-0.15, -0.1) is 0 Å². The van der Waals surface area contributed by atoms with Gasteiger partial charge in [-0.3, -0.25) is 4.79 Å². The van der Waals surface area contributed by atoms with Crippen molar-refractivity contribution < 1.29 is 19.4 Å². The van der Waals surface area contributed by atoms with E-state index >= 15 is 0 Å². The van der Waals surface area contributed by atoms with Gasteiger partial charge in [0.25, 0.3) is 5.91 Å². The molecule has 0 aliphatic carbocycles. The molecule has 1 amide bonds. The van der Waals surface area contributed by atoms with E-state index in [9.17, 15) is 9.90 Å². The van der Waals surface area contributed by atoms with E-state index in [1.54, 1.807) is 36.4 Å². The largest absolute Gasteiger partial charge is 0.503 e. The summed E-state index contributed by atoms with van der Waals surface area (Å²) in [5.74, 6) is 0.602.